The van der Waals surface area contributed by atoms with Crippen LogP contribution in [-0.2, 0) is 0 Å². The standard InChI is InChI=1S/C15H13NO5/c17-9-5-6-14-11(7-9)13(18)8-15(21-14)10-3-1-2-4-12(10)16(19)20/h1-7,13,15,17-18H,8H2. The Kier molecular flexibility index (Phi) is 3.23. The number of rotatable bonds is 2. The van der Waals surface area contributed by atoms with Gasteiger partial charge in [0.25, 0.3) is 5.69 Å². The molecule has 2 atom stereocenters. The van der Waals surface area contributed by atoms with Crippen molar-refractivity contribution in [2.24, 2.45) is 0 Å². The lowest BCUT2D eigenvalue weighted by Gasteiger charge is -2.29. The highest BCUT2D eigenvalue weighted by molar-refractivity contribution is 5.46. The molecule has 0 saturated heterocycles. The van der Waals surface area contributed by atoms with Crippen LogP contribution in [0.15, 0.2) is 42.5 Å². The lowest BCUT2D eigenvalue weighted by Crippen LogP contribution is -2.19. The van der Waals surface area contributed by atoms with Crippen LogP contribution in [0.1, 0.15) is 29.8 Å². The summed E-state index contributed by atoms with van der Waals surface area (Å²) in [4.78, 5) is 10.6. The van der Waals surface area contributed by atoms with E-state index < -0.39 is 17.1 Å². The molecule has 2 N–H and O–H groups in total. The third-order valence-electron chi connectivity index (χ3n) is 3.54. The minimum Gasteiger partial charge on any atom is -0.508 e. The fourth-order valence-corrected chi connectivity index (χ4v) is 2.55. The Balaban J connectivity index is 2.00. The number of benzene rings is 2. The molecule has 1 aliphatic heterocycles. The minimum absolute atomic E-state index is 0.0306. The largest absolute Gasteiger partial charge is 0.508 e. The third kappa shape index (κ3) is 2.41. The van der Waals surface area contributed by atoms with E-state index >= 15 is 0 Å². The van der Waals surface area contributed by atoms with Gasteiger partial charge in [0.15, 0.2) is 0 Å². The normalized spacial score (nSPS) is 20.4. The lowest BCUT2D eigenvalue weighted by atomic mass is 9.94. The van der Waals surface area contributed by atoms with Gasteiger partial charge in [-0.05, 0) is 24.3 Å². The summed E-state index contributed by atoms with van der Waals surface area (Å²) in [5.41, 5.74) is 0.891. The number of aliphatic hydroxyl groups is 1. The Bertz CT molecular complexity index is 700. The van der Waals surface area contributed by atoms with E-state index in [1.807, 2.05) is 0 Å². The monoisotopic (exact) mass is 287 g/mol. The summed E-state index contributed by atoms with van der Waals surface area (Å²) in [5.74, 6) is 0.468. The molecule has 2 aromatic carbocycles. The molecule has 0 aromatic heterocycles. The Hall–Kier alpha value is -2.60. The number of aromatic hydroxyl groups is 1. The Morgan fingerprint density at radius 1 is 1.19 bits per heavy atom. The van der Waals surface area contributed by atoms with Gasteiger partial charge in [0.1, 0.15) is 17.6 Å². The van der Waals surface area contributed by atoms with Crippen molar-refractivity contribution in [2.45, 2.75) is 18.6 Å². The van der Waals surface area contributed by atoms with E-state index in [9.17, 15) is 20.3 Å². The van der Waals surface area contributed by atoms with Gasteiger partial charge in [-0.3, -0.25) is 10.1 Å². The van der Waals surface area contributed by atoms with Crippen LogP contribution < -0.4 is 4.74 Å². The van der Waals surface area contributed by atoms with Crippen LogP contribution in [0.4, 0.5) is 5.69 Å². The number of nitro groups is 1. The molecule has 0 radical (unpaired) electrons. The van der Waals surface area contributed by atoms with E-state index in [1.54, 1.807) is 24.3 Å². The van der Waals surface area contributed by atoms with Crippen molar-refractivity contribution < 1.29 is 19.9 Å². The molecule has 0 aliphatic carbocycles. The predicted molar refractivity (Wildman–Crippen MR) is 74.1 cm³/mol. The van der Waals surface area contributed by atoms with Gasteiger partial charge in [-0.25, -0.2) is 0 Å². The summed E-state index contributed by atoms with van der Waals surface area (Å²) < 4.78 is 5.76. The van der Waals surface area contributed by atoms with Crippen LogP contribution in [0.25, 0.3) is 0 Å². The number of para-hydroxylation sites is 1. The summed E-state index contributed by atoms with van der Waals surface area (Å²) in [7, 11) is 0. The number of hydrogen-bond donors (Lipinski definition) is 2. The van der Waals surface area contributed by atoms with Crippen molar-refractivity contribution in [3.63, 3.8) is 0 Å². The lowest BCUT2D eigenvalue weighted by molar-refractivity contribution is -0.386. The average molecular weight is 287 g/mol. The number of ether oxygens (including phenoxy) is 1. The SMILES string of the molecule is O=[N+]([O-])c1ccccc1C1CC(O)c2cc(O)ccc2O1. The minimum atomic E-state index is -0.842. The second-order valence-corrected chi connectivity index (χ2v) is 4.90. The number of phenols is 1. The molecule has 0 bridgehead atoms. The molecular weight excluding hydrogens is 274 g/mol. The summed E-state index contributed by atoms with van der Waals surface area (Å²) in [6.07, 6.45) is -1.24. The topological polar surface area (TPSA) is 92.8 Å². The van der Waals surface area contributed by atoms with E-state index in [0.29, 0.717) is 16.9 Å². The Morgan fingerprint density at radius 2 is 1.95 bits per heavy atom. The van der Waals surface area contributed by atoms with E-state index in [2.05, 4.69) is 0 Å². The van der Waals surface area contributed by atoms with Gasteiger partial charge in [0, 0.05) is 18.1 Å². The molecule has 21 heavy (non-hydrogen) atoms. The van der Waals surface area contributed by atoms with Crippen molar-refractivity contribution in [1.82, 2.24) is 0 Å². The van der Waals surface area contributed by atoms with Crippen LogP contribution in [0.2, 0.25) is 0 Å². The molecule has 0 spiro atoms. The summed E-state index contributed by atoms with van der Waals surface area (Å²) >= 11 is 0. The Labute approximate surface area is 120 Å². The maximum absolute atomic E-state index is 11.1. The fourth-order valence-electron chi connectivity index (χ4n) is 2.55. The van der Waals surface area contributed by atoms with Gasteiger partial charge < -0.3 is 14.9 Å². The molecular formula is C15H13NO5. The highest BCUT2D eigenvalue weighted by atomic mass is 16.6. The molecule has 1 aliphatic rings. The molecule has 0 saturated carbocycles. The predicted octanol–water partition coefficient (Wildman–Crippen LogP) is 2.86. The molecule has 2 unspecified atom stereocenters. The first-order valence-electron chi connectivity index (χ1n) is 6.47. The van der Waals surface area contributed by atoms with E-state index in [1.165, 1.54) is 18.2 Å². The zero-order valence-electron chi connectivity index (χ0n) is 11.0. The molecule has 0 fully saturated rings. The third-order valence-corrected chi connectivity index (χ3v) is 3.54. The van der Waals surface area contributed by atoms with Crippen molar-refractivity contribution >= 4 is 5.69 Å². The van der Waals surface area contributed by atoms with Crippen LogP contribution >= 0.6 is 0 Å². The second kappa shape index (κ2) is 5.06. The van der Waals surface area contributed by atoms with Gasteiger partial charge in [0.2, 0.25) is 0 Å². The zero-order chi connectivity index (χ0) is 15.0. The first kappa shape index (κ1) is 13.4. The maximum Gasteiger partial charge on any atom is 0.276 e. The number of phenolic OH excluding ortho intramolecular Hbond substituents is 1. The van der Waals surface area contributed by atoms with Gasteiger partial charge >= 0.3 is 0 Å². The fraction of sp³-hybridized carbons (Fsp3) is 0.200. The molecule has 6 nitrogen and oxygen atoms in total. The molecule has 3 rings (SSSR count). The van der Waals surface area contributed by atoms with Gasteiger partial charge in [-0.15, -0.1) is 0 Å². The van der Waals surface area contributed by atoms with Crippen LogP contribution in [0, 0.1) is 10.1 Å². The second-order valence-electron chi connectivity index (χ2n) is 4.90. The van der Waals surface area contributed by atoms with Gasteiger partial charge in [-0.2, -0.15) is 0 Å². The average Bonchev–Trinajstić information content (AvgIpc) is 2.47. The van der Waals surface area contributed by atoms with Gasteiger partial charge in [0.05, 0.1) is 16.6 Å². The number of fused-ring (bicyclic) bond motifs is 1. The first-order chi connectivity index (χ1) is 10.1. The smallest absolute Gasteiger partial charge is 0.276 e. The van der Waals surface area contributed by atoms with Crippen LogP contribution in [-0.4, -0.2) is 15.1 Å². The van der Waals surface area contributed by atoms with Crippen LogP contribution in [0.5, 0.6) is 11.5 Å². The summed E-state index contributed by atoms with van der Waals surface area (Å²) in [6.45, 7) is 0. The van der Waals surface area contributed by atoms with Crippen LogP contribution in [0.3, 0.4) is 0 Å². The summed E-state index contributed by atoms with van der Waals surface area (Å²) in [6, 6.07) is 10.8. The summed E-state index contributed by atoms with van der Waals surface area (Å²) in [5, 5.41) is 30.7. The van der Waals surface area contributed by atoms with Crippen molar-refractivity contribution in [1.29, 1.82) is 0 Å². The molecule has 108 valence electrons. The number of nitrogens with zero attached hydrogens (tertiary/aromatic N) is 1. The molecule has 0 amide bonds. The van der Waals surface area contributed by atoms with Crippen molar-refractivity contribution in [3.05, 3.63) is 63.7 Å². The first-order valence-corrected chi connectivity index (χ1v) is 6.47. The van der Waals surface area contributed by atoms with E-state index in [4.69, 9.17) is 4.74 Å². The van der Waals surface area contributed by atoms with E-state index in [0.717, 1.165) is 0 Å². The van der Waals surface area contributed by atoms with Crippen molar-refractivity contribution in [2.75, 3.05) is 0 Å². The number of hydrogen-bond acceptors (Lipinski definition) is 5. The van der Waals surface area contributed by atoms with Crippen molar-refractivity contribution in [3.8, 4) is 11.5 Å². The van der Waals surface area contributed by atoms with Gasteiger partial charge in [-0.1, -0.05) is 12.1 Å². The molecule has 1 heterocycles. The Morgan fingerprint density at radius 3 is 2.71 bits per heavy atom. The number of aliphatic hydroxyl groups excluding tert-OH is 1. The zero-order valence-corrected chi connectivity index (χ0v) is 11.0. The van der Waals surface area contributed by atoms with E-state index in [-0.39, 0.29) is 17.9 Å². The number of nitro benzene ring substituents is 1. The quantitative estimate of drug-likeness (QED) is 0.654. The molecule has 2 aromatic rings. The highest BCUT2D eigenvalue weighted by Crippen LogP contribution is 2.43. The molecule has 6 heteroatoms. The maximum atomic E-state index is 11.1. The highest BCUT2D eigenvalue weighted by Gasteiger charge is 2.32.